The molecule has 136 valence electrons. The van der Waals surface area contributed by atoms with Gasteiger partial charge >= 0.3 is 0 Å². The first-order valence-corrected chi connectivity index (χ1v) is 10.1. The minimum Gasteiger partial charge on any atom is -0.385 e. The summed E-state index contributed by atoms with van der Waals surface area (Å²) in [5.74, 6) is 0.787. The standard InChI is InChI=1S/C17H29N3O3S/c1-18-17(19-12-5-4-6-14-23-2)20-13-11-15-7-9-16(10-8-15)24(3,21)22/h7-10H,4-6,11-14H2,1-3H3,(H2,18,19,20). The zero-order valence-electron chi connectivity index (χ0n) is 14.8. The summed E-state index contributed by atoms with van der Waals surface area (Å²) in [6.07, 6.45) is 5.31. The number of nitrogens with zero attached hydrogens (tertiary/aromatic N) is 1. The van der Waals surface area contributed by atoms with Gasteiger partial charge in [0.25, 0.3) is 0 Å². The lowest BCUT2D eigenvalue weighted by Crippen LogP contribution is -2.38. The Morgan fingerprint density at radius 3 is 2.33 bits per heavy atom. The van der Waals surface area contributed by atoms with E-state index in [1.165, 1.54) is 6.26 Å². The Hall–Kier alpha value is -1.60. The van der Waals surface area contributed by atoms with E-state index >= 15 is 0 Å². The average molecular weight is 356 g/mol. The smallest absolute Gasteiger partial charge is 0.190 e. The molecule has 0 aliphatic rings. The molecular weight excluding hydrogens is 326 g/mol. The highest BCUT2D eigenvalue weighted by molar-refractivity contribution is 7.90. The molecule has 0 atom stereocenters. The van der Waals surface area contributed by atoms with E-state index in [4.69, 9.17) is 4.74 Å². The van der Waals surface area contributed by atoms with Crippen LogP contribution in [0, 0.1) is 0 Å². The molecule has 0 saturated heterocycles. The molecule has 0 spiro atoms. The van der Waals surface area contributed by atoms with Crippen molar-refractivity contribution in [2.75, 3.05) is 40.1 Å². The molecule has 1 rings (SSSR count). The number of guanidine groups is 1. The number of hydrogen-bond donors (Lipinski definition) is 2. The third kappa shape index (κ3) is 8.31. The van der Waals surface area contributed by atoms with Crippen molar-refractivity contribution in [1.82, 2.24) is 10.6 Å². The lowest BCUT2D eigenvalue weighted by atomic mass is 10.1. The molecule has 1 aromatic carbocycles. The summed E-state index contributed by atoms with van der Waals surface area (Å²) in [5.41, 5.74) is 1.09. The zero-order chi connectivity index (χ0) is 17.8. The second-order valence-corrected chi connectivity index (χ2v) is 7.66. The molecule has 0 saturated carbocycles. The van der Waals surface area contributed by atoms with Gasteiger partial charge in [-0.15, -0.1) is 0 Å². The summed E-state index contributed by atoms with van der Waals surface area (Å²) in [6, 6.07) is 7.00. The first-order chi connectivity index (χ1) is 11.5. The summed E-state index contributed by atoms with van der Waals surface area (Å²) in [5, 5.41) is 6.54. The predicted molar refractivity (Wildman–Crippen MR) is 98.3 cm³/mol. The lowest BCUT2D eigenvalue weighted by Gasteiger charge is -2.12. The van der Waals surface area contributed by atoms with Crippen LogP contribution in [0.5, 0.6) is 0 Å². The maximum Gasteiger partial charge on any atom is 0.190 e. The number of hydrogen-bond acceptors (Lipinski definition) is 4. The quantitative estimate of drug-likeness (QED) is 0.379. The minimum absolute atomic E-state index is 0.352. The fraction of sp³-hybridized carbons (Fsp3) is 0.588. The second kappa shape index (κ2) is 11.0. The van der Waals surface area contributed by atoms with Crippen LogP contribution in [-0.4, -0.2) is 54.5 Å². The second-order valence-electron chi connectivity index (χ2n) is 5.65. The topological polar surface area (TPSA) is 79.8 Å². The van der Waals surface area contributed by atoms with Crippen LogP contribution < -0.4 is 10.6 Å². The van der Waals surface area contributed by atoms with Crippen LogP contribution in [0.15, 0.2) is 34.2 Å². The maximum absolute atomic E-state index is 11.4. The van der Waals surface area contributed by atoms with E-state index in [0.717, 1.165) is 56.9 Å². The molecule has 0 bridgehead atoms. The predicted octanol–water partition coefficient (Wildman–Crippen LogP) is 1.61. The van der Waals surface area contributed by atoms with Gasteiger partial charge in [0.05, 0.1) is 4.90 Å². The van der Waals surface area contributed by atoms with E-state index < -0.39 is 9.84 Å². The molecule has 0 amide bonds. The number of sulfone groups is 1. The first kappa shape index (κ1) is 20.4. The molecule has 0 aliphatic heterocycles. The molecule has 0 heterocycles. The lowest BCUT2D eigenvalue weighted by molar-refractivity contribution is 0.192. The molecule has 0 radical (unpaired) electrons. The van der Waals surface area contributed by atoms with Crippen LogP contribution in [0.4, 0.5) is 0 Å². The van der Waals surface area contributed by atoms with Crippen molar-refractivity contribution in [2.24, 2.45) is 4.99 Å². The largest absolute Gasteiger partial charge is 0.385 e. The fourth-order valence-corrected chi connectivity index (χ4v) is 2.83. The molecule has 0 aromatic heterocycles. The monoisotopic (exact) mass is 355 g/mol. The normalized spacial score (nSPS) is 12.2. The summed E-state index contributed by atoms with van der Waals surface area (Å²) in [6.45, 7) is 2.43. The number of ether oxygens (including phenoxy) is 1. The van der Waals surface area contributed by atoms with Gasteiger partial charge in [0.15, 0.2) is 15.8 Å². The maximum atomic E-state index is 11.4. The minimum atomic E-state index is -3.13. The number of aliphatic imine (C=N–C) groups is 1. The van der Waals surface area contributed by atoms with Crippen LogP contribution in [0.2, 0.25) is 0 Å². The third-order valence-corrected chi connectivity index (χ3v) is 4.73. The van der Waals surface area contributed by atoms with Gasteiger partial charge in [0.2, 0.25) is 0 Å². The number of benzene rings is 1. The molecule has 2 N–H and O–H groups in total. The molecular formula is C17H29N3O3S. The molecule has 6 nitrogen and oxygen atoms in total. The van der Waals surface area contributed by atoms with Gasteiger partial charge in [-0.05, 0) is 43.4 Å². The average Bonchev–Trinajstić information content (AvgIpc) is 2.56. The van der Waals surface area contributed by atoms with Crippen LogP contribution >= 0.6 is 0 Å². The van der Waals surface area contributed by atoms with Crippen molar-refractivity contribution < 1.29 is 13.2 Å². The molecule has 7 heteroatoms. The molecule has 0 fully saturated rings. The van der Waals surface area contributed by atoms with Crippen molar-refractivity contribution in [2.45, 2.75) is 30.6 Å². The van der Waals surface area contributed by atoms with Gasteiger partial charge in [0, 0.05) is 40.1 Å². The Labute approximate surface area is 145 Å². The van der Waals surface area contributed by atoms with Gasteiger partial charge in [-0.1, -0.05) is 12.1 Å². The number of methoxy groups -OCH3 is 1. The highest BCUT2D eigenvalue weighted by Crippen LogP contribution is 2.10. The van der Waals surface area contributed by atoms with E-state index in [1.807, 2.05) is 12.1 Å². The number of nitrogens with one attached hydrogen (secondary N) is 2. The Morgan fingerprint density at radius 1 is 1.08 bits per heavy atom. The summed E-state index contributed by atoms with van der Waals surface area (Å²) in [4.78, 5) is 4.54. The highest BCUT2D eigenvalue weighted by atomic mass is 32.2. The van der Waals surface area contributed by atoms with E-state index in [0.29, 0.717) is 4.90 Å². The van der Waals surface area contributed by atoms with Gasteiger partial charge in [0.1, 0.15) is 0 Å². The Balaban J connectivity index is 2.27. The number of rotatable bonds is 10. The molecule has 0 unspecified atom stereocenters. The van der Waals surface area contributed by atoms with Crippen LogP contribution in [0.3, 0.4) is 0 Å². The third-order valence-electron chi connectivity index (χ3n) is 3.60. The molecule has 0 aliphatic carbocycles. The van der Waals surface area contributed by atoms with E-state index in [1.54, 1.807) is 26.3 Å². The summed E-state index contributed by atoms with van der Waals surface area (Å²) >= 11 is 0. The summed E-state index contributed by atoms with van der Waals surface area (Å²) in [7, 11) is 0.343. The first-order valence-electron chi connectivity index (χ1n) is 8.20. The van der Waals surface area contributed by atoms with E-state index in [2.05, 4.69) is 15.6 Å². The Kier molecular flexibility index (Phi) is 9.41. The van der Waals surface area contributed by atoms with Crippen molar-refractivity contribution in [3.63, 3.8) is 0 Å². The van der Waals surface area contributed by atoms with Gasteiger partial charge in [-0.3, -0.25) is 4.99 Å². The van der Waals surface area contributed by atoms with Gasteiger partial charge in [-0.25, -0.2) is 8.42 Å². The van der Waals surface area contributed by atoms with Crippen LogP contribution in [-0.2, 0) is 21.0 Å². The van der Waals surface area contributed by atoms with Gasteiger partial charge < -0.3 is 15.4 Å². The van der Waals surface area contributed by atoms with Gasteiger partial charge in [-0.2, -0.15) is 0 Å². The van der Waals surface area contributed by atoms with Crippen molar-refractivity contribution in [1.29, 1.82) is 0 Å². The molecule has 1 aromatic rings. The van der Waals surface area contributed by atoms with Crippen molar-refractivity contribution in [3.8, 4) is 0 Å². The summed E-state index contributed by atoms with van der Waals surface area (Å²) < 4.78 is 27.9. The number of unbranched alkanes of at least 4 members (excludes halogenated alkanes) is 2. The van der Waals surface area contributed by atoms with E-state index in [-0.39, 0.29) is 0 Å². The zero-order valence-corrected chi connectivity index (χ0v) is 15.7. The van der Waals surface area contributed by atoms with E-state index in [9.17, 15) is 8.42 Å². The highest BCUT2D eigenvalue weighted by Gasteiger charge is 2.06. The van der Waals surface area contributed by atoms with Crippen molar-refractivity contribution in [3.05, 3.63) is 29.8 Å². The van der Waals surface area contributed by atoms with Crippen LogP contribution in [0.25, 0.3) is 0 Å². The fourth-order valence-electron chi connectivity index (χ4n) is 2.20. The molecule has 24 heavy (non-hydrogen) atoms. The SMILES string of the molecule is CN=C(NCCCCCOC)NCCc1ccc(S(C)(=O)=O)cc1. The van der Waals surface area contributed by atoms with Crippen LogP contribution in [0.1, 0.15) is 24.8 Å². The van der Waals surface area contributed by atoms with Crippen molar-refractivity contribution >= 4 is 15.8 Å². The Bertz CT molecular complexity index is 598. The Morgan fingerprint density at radius 2 is 1.75 bits per heavy atom.